The summed E-state index contributed by atoms with van der Waals surface area (Å²) in [5.74, 6) is 0. The van der Waals surface area contributed by atoms with E-state index in [1.54, 1.807) is 0 Å². The summed E-state index contributed by atoms with van der Waals surface area (Å²) < 4.78 is 6.14. The molecule has 6 aliphatic rings. The van der Waals surface area contributed by atoms with Crippen LogP contribution in [0.5, 0.6) is 0 Å². The predicted molar refractivity (Wildman–Crippen MR) is 237 cm³/mol. The van der Waals surface area contributed by atoms with Crippen LogP contribution in [0.4, 0.5) is 45.5 Å². The minimum Gasteiger partial charge on any atom is -1.00 e. The number of piperazine rings is 4. The van der Waals surface area contributed by atoms with Gasteiger partial charge in [-0.1, -0.05) is 0 Å². The number of anilines is 4. The van der Waals surface area contributed by atoms with Gasteiger partial charge >= 0.3 is 349 Å². The summed E-state index contributed by atoms with van der Waals surface area (Å²) in [6, 6.07) is 28.5. The van der Waals surface area contributed by atoms with Crippen LogP contribution in [-0.4, -0.2) is 182 Å². The van der Waals surface area contributed by atoms with E-state index in [0.29, 0.717) is 29.9 Å². The van der Waals surface area contributed by atoms with Crippen molar-refractivity contribution in [3.63, 3.8) is 0 Å². The molecule has 6 aliphatic heterocycles. The maximum absolute atomic E-state index is 2.55. The van der Waals surface area contributed by atoms with Crippen LogP contribution in [0.3, 0.4) is 0 Å². The van der Waals surface area contributed by atoms with Gasteiger partial charge in [-0.15, -0.1) is 0 Å². The van der Waals surface area contributed by atoms with Crippen LogP contribution in [0.15, 0.2) is 72.8 Å². The number of hydrogen-bond acceptors (Lipinski definition) is 8. The monoisotopic (exact) mass is 958 g/mol. The summed E-state index contributed by atoms with van der Waals surface area (Å²) in [6.07, 6.45) is 0. The molecule has 0 aromatic heterocycles. The van der Waals surface area contributed by atoms with E-state index in [0.717, 1.165) is 105 Å². The molecule has 4 fully saturated rings. The number of likely N-dealkylation sites (N-methyl/N-ethyl adjacent to an activating group) is 4. The fourth-order valence-electron chi connectivity index (χ4n) is 8.54. The van der Waals surface area contributed by atoms with E-state index in [4.69, 9.17) is 0 Å². The zero-order valence-electron chi connectivity index (χ0n) is 34.5. The van der Waals surface area contributed by atoms with Crippen molar-refractivity contribution >= 4 is 93.3 Å². The Hall–Kier alpha value is -2.54. The average molecular weight is 958 g/mol. The van der Waals surface area contributed by atoms with Gasteiger partial charge in [0, 0.05) is 0 Å². The number of quaternary nitrogens is 2. The number of hydrogen-bond donors (Lipinski definition) is 2. The van der Waals surface area contributed by atoms with E-state index < -0.39 is 0 Å². The Bertz CT molecular complexity index is 1720. The number of nitrogens with zero attached hydrogens (tertiary/aromatic N) is 8. The van der Waals surface area contributed by atoms with Gasteiger partial charge in [0.2, 0.25) is 0 Å². The zero-order valence-corrected chi connectivity index (χ0v) is 39.5. The Balaban J connectivity index is 0.000000171. The summed E-state index contributed by atoms with van der Waals surface area (Å²) >= 11 is 0.759. The van der Waals surface area contributed by atoms with E-state index in [2.05, 4.69) is 151 Å². The molecule has 14 heteroatoms. The van der Waals surface area contributed by atoms with Gasteiger partial charge in [0.1, 0.15) is 0 Å². The molecule has 0 radical (unpaired) electrons. The Morgan fingerprint density at radius 2 is 0.534 bits per heavy atom. The van der Waals surface area contributed by atoms with Crippen LogP contribution in [0.1, 0.15) is 0 Å². The quantitative estimate of drug-likeness (QED) is 0.134. The topological polar surface area (TPSA) is 59.1 Å². The molecule has 6 heterocycles. The van der Waals surface area contributed by atoms with Crippen molar-refractivity contribution in [2.75, 3.05) is 153 Å². The predicted octanol–water partition coefficient (Wildman–Crippen LogP) is -6.62. The van der Waals surface area contributed by atoms with Crippen molar-refractivity contribution < 1.29 is 35.4 Å². The van der Waals surface area contributed by atoms with Crippen molar-refractivity contribution in [3.05, 3.63) is 72.8 Å². The molecule has 0 unspecified atom stereocenters. The van der Waals surface area contributed by atoms with Gasteiger partial charge < -0.3 is 24.8 Å². The van der Waals surface area contributed by atoms with Gasteiger partial charge in [-0.05, 0) is 0 Å². The number of fused-ring (bicyclic) bond motifs is 4. The van der Waals surface area contributed by atoms with E-state index in [9.17, 15) is 0 Å². The number of nitrogens with two attached hydrogens (primary N) is 2. The number of benzene rings is 4. The Morgan fingerprint density at radius 3 is 0.741 bits per heavy atom. The smallest absolute Gasteiger partial charge is 1.00 e. The molecule has 4 saturated heterocycles. The van der Waals surface area contributed by atoms with Crippen LogP contribution in [0.25, 0.3) is 0 Å². The van der Waals surface area contributed by atoms with Crippen LogP contribution in [-0.2, 0) is 0 Å². The van der Waals surface area contributed by atoms with Crippen molar-refractivity contribution in [2.24, 2.45) is 0 Å². The maximum atomic E-state index is 2.55. The third kappa shape index (κ3) is 9.97. The molecule has 0 atom stereocenters. The van der Waals surface area contributed by atoms with Crippen LogP contribution >= 0.6 is 0 Å². The van der Waals surface area contributed by atoms with Crippen molar-refractivity contribution in [2.45, 2.75) is 0 Å². The summed E-state index contributed by atoms with van der Waals surface area (Å²) in [7, 11) is 8.88. The second-order valence-corrected chi connectivity index (χ2v) is 21.1. The molecule has 0 aliphatic carbocycles. The summed E-state index contributed by atoms with van der Waals surface area (Å²) in [4.78, 5) is 19.9. The van der Waals surface area contributed by atoms with Gasteiger partial charge in [0.15, 0.2) is 0 Å². The molecule has 0 amide bonds. The molecular formula is C44H60Cl2N10Se2. The molecule has 4 aromatic rings. The summed E-state index contributed by atoms with van der Waals surface area (Å²) in [5, 5.41) is 4.77. The SMILES string of the molecule is CN1CCN(c2ccc3c(c2)[Se]c2cc(N4CCN(C)CC4)ccc2[NH2+]3)CC1.CN1CCN(c2ccc3c(c2)[Se]c2cc(N4CCN(C)CC4)ccc2[NH2+]3)CC1.[Cl-].[Cl-]. The van der Waals surface area contributed by atoms with Crippen LogP contribution in [0, 0.1) is 0 Å². The average Bonchev–Trinajstić information content (AvgIpc) is 3.23. The zero-order chi connectivity index (χ0) is 38.2. The molecule has 0 bridgehead atoms. The molecule has 0 spiro atoms. The fraction of sp³-hybridized carbons (Fsp3) is 0.455. The number of rotatable bonds is 4. The van der Waals surface area contributed by atoms with E-state index in [-0.39, 0.29) is 24.8 Å². The molecule has 0 saturated carbocycles. The first kappa shape index (κ1) is 43.5. The van der Waals surface area contributed by atoms with E-state index in [1.807, 2.05) is 0 Å². The van der Waals surface area contributed by atoms with Crippen molar-refractivity contribution in [3.8, 4) is 0 Å². The minimum atomic E-state index is 0. The molecular weight excluding hydrogens is 897 g/mol. The Labute approximate surface area is 371 Å². The van der Waals surface area contributed by atoms with E-state index in [1.165, 1.54) is 63.3 Å². The first-order valence-corrected chi connectivity index (χ1v) is 24.1. The second-order valence-electron chi connectivity index (χ2n) is 16.5. The van der Waals surface area contributed by atoms with Crippen LogP contribution in [0.2, 0.25) is 0 Å². The molecule has 58 heavy (non-hydrogen) atoms. The normalized spacial score (nSPS) is 20.1. The molecule has 10 rings (SSSR count). The van der Waals surface area contributed by atoms with Gasteiger partial charge in [0.05, 0.1) is 0 Å². The van der Waals surface area contributed by atoms with Crippen molar-refractivity contribution in [1.82, 2.24) is 19.6 Å². The molecule has 10 nitrogen and oxygen atoms in total. The first-order valence-electron chi connectivity index (χ1n) is 20.7. The molecule has 4 N–H and O–H groups in total. The molecule has 4 aromatic carbocycles. The van der Waals surface area contributed by atoms with Gasteiger partial charge in [0.25, 0.3) is 0 Å². The summed E-state index contributed by atoms with van der Waals surface area (Å²) in [5.41, 5.74) is 11.3. The van der Waals surface area contributed by atoms with Crippen molar-refractivity contribution in [1.29, 1.82) is 0 Å². The van der Waals surface area contributed by atoms with E-state index >= 15 is 0 Å². The second kappa shape index (κ2) is 19.4. The van der Waals surface area contributed by atoms with Gasteiger partial charge in [-0.3, -0.25) is 0 Å². The van der Waals surface area contributed by atoms with Gasteiger partial charge in [-0.2, -0.15) is 0 Å². The maximum Gasteiger partial charge on any atom is -1.00 e. The molecule has 312 valence electrons. The Kier molecular flexibility index (Phi) is 14.6. The first-order chi connectivity index (χ1) is 27.3. The standard InChI is InChI=1S/2C22H29N5Se.2ClH/c2*1-24-7-11-26(12-8-24)17-3-5-19-21(15-17)28-22-16-18(4-6-20(22)23-19)27-13-9-25(2)10-14-27;;/h2*3-6,15-16,23H,7-14H2,1-2H3;2*1H. The van der Waals surface area contributed by atoms with Crippen LogP contribution < -0.4 is 72.9 Å². The summed E-state index contributed by atoms with van der Waals surface area (Å²) in [6.45, 7) is 18.3. The fourth-order valence-corrected chi connectivity index (χ4v) is 13.1. The minimum absolute atomic E-state index is 0. The van der Waals surface area contributed by atoms with Gasteiger partial charge in [-0.25, -0.2) is 0 Å². The third-order valence-corrected chi connectivity index (χ3v) is 17.3. The third-order valence-electron chi connectivity index (χ3n) is 12.5. The number of halogens is 2. The largest absolute Gasteiger partial charge is 1.00 e. The Morgan fingerprint density at radius 1 is 0.328 bits per heavy atom.